The maximum atomic E-state index is 5.42. The van der Waals surface area contributed by atoms with Crippen molar-refractivity contribution in [1.82, 2.24) is 14.9 Å². The molecule has 3 heterocycles. The molecule has 3 aromatic rings. The molecule has 0 spiro atoms. The van der Waals surface area contributed by atoms with Gasteiger partial charge in [0, 0.05) is 37.6 Å². The third-order valence-electron chi connectivity index (χ3n) is 5.78. The average molecular weight is 461 g/mol. The molecule has 5 rings (SSSR count). The number of hydrogen-bond donors (Lipinski definition) is 1. The normalized spacial score (nSPS) is 17.1. The molecule has 2 aliphatic heterocycles. The summed E-state index contributed by atoms with van der Waals surface area (Å²) in [7, 11) is 0. The second kappa shape index (κ2) is 10.9. The quantitative estimate of drug-likeness (QED) is 0.427. The number of benzene rings is 2. The van der Waals surface area contributed by atoms with Crippen LogP contribution in [0.15, 0.2) is 65.1 Å². The van der Waals surface area contributed by atoms with Gasteiger partial charge >= 0.3 is 0 Å². The highest BCUT2D eigenvalue weighted by atomic mass is 16.5. The molecule has 0 atom stereocenters. The van der Waals surface area contributed by atoms with Crippen LogP contribution in [0.4, 0.5) is 17.3 Å². The van der Waals surface area contributed by atoms with E-state index in [-0.39, 0.29) is 0 Å². The van der Waals surface area contributed by atoms with Crippen molar-refractivity contribution in [3.8, 4) is 0 Å². The van der Waals surface area contributed by atoms with E-state index in [1.54, 1.807) is 17.1 Å². The highest BCUT2D eigenvalue weighted by Crippen LogP contribution is 2.17. The summed E-state index contributed by atoms with van der Waals surface area (Å²) in [5.41, 5.74) is 7.27. The van der Waals surface area contributed by atoms with Crippen LogP contribution < -0.4 is 15.2 Å². The first-order valence-electron chi connectivity index (χ1n) is 11.4. The van der Waals surface area contributed by atoms with Gasteiger partial charge in [-0.25, -0.2) is 5.43 Å². The molecule has 2 aromatic carbocycles. The van der Waals surface area contributed by atoms with Crippen molar-refractivity contribution >= 4 is 29.8 Å². The second-order valence-electron chi connectivity index (χ2n) is 8.00. The van der Waals surface area contributed by atoms with E-state index in [0.717, 1.165) is 63.7 Å². The van der Waals surface area contributed by atoms with Crippen LogP contribution in [0.5, 0.6) is 0 Å². The molecule has 2 aliphatic rings. The van der Waals surface area contributed by atoms with Gasteiger partial charge in [0.2, 0.25) is 0 Å². The number of hydrazone groups is 1. The number of nitrogens with one attached hydrogen (secondary N) is 1. The summed E-state index contributed by atoms with van der Waals surface area (Å²) in [5.74, 6) is 0.433. The fraction of sp³-hybridized carbons (Fsp3) is 0.333. The molecular formula is C24H28N8O2. The lowest BCUT2D eigenvalue weighted by molar-refractivity contribution is 0.122. The summed E-state index contributed by atoms with van der Waals surface area (Å²) >= 11 is 0. The Morgan fingerprint density at radius 2 is 1.26 bits per heavy atom. The molecule has 1 aromatic heterocycles. The lowest BCUT2D eigenvalue weighted by atomic mass is 10.2. The topological polar surface area (TPSA) is 92.4 Å². The van der Waals surface area contributed by atoms with Gasteiger partial charge in [0.1, 0.15) is 6.33 Å². The molecule has 10 heteroatoms. The number of rotatable bonds is 7. The van der Waals surface area contributed by atoms with E-state index in [9.17, 15) is 0 Å². The molecular weight excluding hydrogens is 432 g/mol. The van der Waals surface area contributed by atoms with Gasteiger partial charge in [-0.05, 0) is 35.4 Å². The van der Waals surface area contributed by atoms with Gasteiger partial charge in [0.25, 0.3) is 5.95 Å². The van der Waals surface area contributed by atoms with Crippen molar-refractivity contribution in [2.75, 3.05) is 67.8 Å². The highest BCUT2D eigenvalue weighted by molar-refractivity contribution is 5.81. The molecule has 2 saturated heterocycles. The molecule has 0 unspecified atom stereocenters. The van der Waals surface area contributed by atoms with Gasteiger partial charge in [-0.1, -0.05) is 24.3 Å². The van der Waals surface area contributed by atoms with Crippen molar-refractivity contribution in [3.63, 3.8) is 0 Å². The molecule has 0 saturated carbocycles. The molecule has 176 valence electrons. The zero-order valence-corrected chi connectivity index (χ0v) is 19.0. The molecule has 1 N–H and O–H groups in total. The lowest BCUT2D eigenvalue weighted by Gasteiger charge is -2.28. The Kier molecular flexibility index (Phi) is 7.07. The van der Waals surface area contributed by atoms with Gasteiger partial charge in [-0.3, -0.25) is 0 Å². The van der Waals surface area contributed by atoms with Gasteiger partial charge in [0.15, 0.2) is 0 Å². The van der Waals surface area contributed by atoms with Crippen LogP contribution in [0.25, 0.3) is 0 Å². The van der Waals surface area contributed by atoms with E-state index in [0.29, 0.717) is 5.95 Å². The van der Waals surface area contributed by atoms with E-state index in [4.69, 9.17) is 9.47 Å². The van der Waals surface area contributed by atoms with E-state index in [2.05, 4.69) is 59.9 Å². The predicted molar refractivity (Wildman–Crippen MR) is 133 cm³/mol. The van der Waals surface area contributed by atoms with E-state index in [1.807, 2.05) is 24.3 Å². The highest BCUT2D eigenvalue weighted by Gasteiger charge is 2.11. The summed E-state index contributed by atoms with van der Waals surface area (Å²) in [6.07, 6.45) is 5.05. The minimum atomic E-state index is 0.433. The Labute approximate surface area is 198 Å². The monoisotopic (exact) mass is 460 g/mol. The van der Waals surface area contributed by atoms with Crippen LogP contribution in [-0.2, 0) is 9.47 Å². The van der Waals surface area contributed by atoms with Gasteiger partial charge in [-0.15, -0.1) is 10.2 Å². The smallest absolute Gasteiger partial charge is 0.265 e. The molecule has 0 bridgehead atoms. The third-order valence-corrected chi connectivity index (χ3v) is 5.78. The number of ether oxygens (including phenoxy) is 2. The molecule has 10 nitrogen and oxygen atoms in total. The number of morpholine rings is 2. The number of hydrogen-bond acceptors (Lipinski definition) is 9. The summed E-state index contributed by atoms with van der Waals surface area (Å²) in [4.78, 5) is 4.64. The fourth-order valence-corrected chi connectivity index (χ4v) is 3.87. The van der Waals surface area contributed by atoms with Crippen LogP contribution in [-0.4, -0.2) is 79.9 Å². The van der Waals surface area contributed by atoms with Crippen molar-refractivity contribution in [2.24, 2.45) is 10.2 Å². The van der Waals surface area contributed by atoms with E-state index >= 15 is 0 Å². The second-order valence-corrected chi connectivity index (χ2v) is 8.00. The third kappa shape index (κ3) is 5.59. The van der Waals surface area contributed by atoms with Crippen LogP contribution in [0.1, 0.15) is 11.1 Å². The first-order valence-corrected chi connectivity index (χ1v) is 11.4. The number of anilines is 3. The molecule has 34 heavy (non-hydrogen) atoms. The summed E-state index contributed by atoms with van der Waals surface area (Å²) in [6, 6.07) is 16.6. The van der Waals surface area contributed by atoms with Gasteiger partial charge in [-0.2, -0.15) is 14.9 Å². The standard InChI is InChI=1S/C24H28N8O2/c1-5-22(30-9-13-33-14-10-30)6-2-20(1)17-25-28-24-29-26-19-32(24)27-18-21-3-7-23(8-4-21)31-11-15-34-16-12-31/h1-8,17-19H,9-16H2,(H,28,29)/b25-17-,27-18-. The summed E-state index contributed by atoms with van der Waals surface area (Å²) in [6.45, 7) is 6.77. The average Bonchev–Trinajstić information content (AvgIpc) is 3.36. The number of nitrogens with zero attached hydrogens (tertiary/aromatic N) is 7. The predicted octanol–water partition coefficient (Wildman–Crippen LogP) is 2.28. The maximum absolute atomic E-state index is 5.42. The zero-order chi connectivity index (χ0) is 23.0. The largest absolute Gasteiger partial charge is 0.378 e. The van der Waals surface area contributed by atoms with Crippen LogP contribution in [0.2, 0.25) is 0 Å². The van der Waals surface area contributed by atoms with Crippen molar-refractivity contribution in [2.45, 2.75) is 0 Å². The Morgan fingerprint density at radius 3 is 1.82 bits per heavy atom. The maximum Gasteiger partial charge on any atom is 0.265 e. The molecule has 0 amide bonds. The Balaban J connectivity index is 1.16. The van der Waals surface area contributed by atoms with E-state index < -0.39 is 0 Å². The number of aromatic nitrogens is 3. The van der Waals surface area contributed by atoms with Crippen LogP contribution >= 0.6 is 0 Å². The lowest BCUT2D eigenvalue weighted by Crippen LogP contribution is -2.36. The molecule has 0 aliphatic carbocycles. The first-order chi connectivity index (χ1) is 16.8. The zero-order valence-electron chi connectivity index (χ0n) is 19.0. The SMILES string of the molecule is C(=N/Nc1nncn1/N=C\c1ccc(N2CCOCC2)cc1)/c1ccc(N2CCOCC2)cc1. The van der Waals surface area contributed by atoms with Crippen LogP contribution in [0.3, 0.4) is 0 Å². The van der Waals surface area contributed by atoms with Gasteiger partial charge < -0.3 is 19.3 Å². The van der Waals surface area contributed by atoms with E-state index in [1.165, 1.54) is 17.7 Å². The summed E-state index contributed by atoms with van der Waals surface area (Å²) in [5, 5.41) is 16.7. The Morgan fingerprint density at radius 1 is 0.735 bits per heavy atom. The van der Waals surface area contributed by atoms with Crippen molar-refractivity contribution in [3.05, 3.63) is 66.0 Å². The van der Waals surface area contributed by atoms with Gasteiger partial charge in [0.05, 0.1) is 38.9 Å². The first kappa shape index (κ1) is 22.1. The fourth-order valence-electron chi connectivity index (χ4n) is 3.87. The van der Waals surface area contributed by atoms with Crippen LogP contribution in [0, 0.1) is 0 Å². The minimum Gasteiger partial charge on any atom is -0.378 e. The summed E-state index contributed by atoms with van der Waals surface area (Å²) < 4.78 is 12.4. The molecule has 0 radical (unpaired) electrons. The molecule has 2 fully saturated rings. The minimum absolute atomic E-state index is 0.433. The Bertz CT molecular complexity index is 1100. The van der Waals surface area contributed by atoms with Crippen molar-refractivity contribution < 1.29 is 9.47 Å². The Hall–Kier alpha value is -3.76. The van der Waals surface area contributed by atoms with Crippen molar-refractivity contribution in [1.29, 1.82) is 0 Å².